The van der Waals surface area contributed by atoms with Gasteiger partial charge in [0, 0.05) is 43.4 Å². The Bertz CT molecular complexity index is 791. The first-order chi connectivity index (χ1) is 14.1. The molecule has 2 aromatic carbocycles. The van der Waals surface area contributed by atoms with Gasteiger partial charge in [-0.1, -0.05) is 41.9 Å². The van der Waals surface area contributed by atoms with Crippen molar-refractivity contribution in [1.29, 1.82) is 0 Å². The maximum Gasteiger partial charge on any atom is 0.248 e. The lowest BCUT2D eigenvalue weighted by molar-refractivity contribution is -0.138. The summed E-state index contributed by atoms with van der Waals surface area (Å²) in [7, 11) is 0. The number of amides is 2. The number of carbonyl (C=O) groups is 2. The average molecular weight is 416 g/mol. The molecule has 1 aliphatic heterocycles. The third-order valence-corrected chi connectivity index (χ3v) is 5.11. The largest absolute Gasteiger partial charge is 0.368 e. The monoisotopic (exact) mass is 415 g/mol. The molecule has 2 aromatic rings. The fourth-order valence-electron chi connectivity index (χ4n) is 3.22. The van der Waals surface area contributed by atoms with E-state index in [1.807, 2.05) is 42.5 Å². The fourth-order valence-corrected chi connectivity index (χ4v) is 3.35. The van der Waals surface area contributed by atoms with Crippen LogP contribution in [0.4, 0.5) is 5.69 Å². The average Bonchev–Trinajstić information content (AvgIpc) is 2.76. The van der Waals surface area contributed by atoms with Crippen molar-refractivity contribution in [2.45, 2.75) is 6.42 Å². The summed E-state index contributed by atoms with van der Waals surface area (Å²) in [6.07, 6.45) is 0.716. The first kappa shape index (κ1) is 21.1. The maximum atomic E-state index is 12.3. The van der Waals surface area contributed by atoms with Crippen molar-refractivity contribution in [3.8, 4) is 0 Å². The van der Waals surface area contributed by atoms with Crippen LogP contribution in [0.5, 0.6) is 0 Å². The van der Waals surface area contributed by atoms with Gasteiger partial charge in [-0.25, -0.2) is 0 Å². The molecule has 29 heavy (non-hydrogen) atoms. The van der Waals surface area contributed by atoms with Gasteiger partial charge in [0.1, 0.15) is 13.2 Å². The van der Waals surface area contributed by atoms with E-state index < -0.39 is 0 Å². The van der Waals surface area contributed by atoms with Crippen LogP contribution in [0, 0.1) is 0 Å². The van der Waals surface area contributed by atoms with Gasteiger partial charge < -0.3 is 19.9 Å². The highest BCUT2D eigenvalue weighted by Gasteiger charge is 2.21. The van der Waals surface area contributed by atoms with Crippen LogP contribution in [0.1, 0.15) is 5.56 Å². The van der Waals surface area contributed by atoms with Gasteiger partial charge in [-0.15, -0.1) is 0 Å². The molecule has 0 atom stereocenters. The normalized spacial score (nSPS) is 14.0. The Labute approximate surface area is 176 Å². The number of halogens is 1. The lowest BCUT2D eigenvalue weighted by Crippen LogP contribution is -2.50. The number of benzene rings is 2. The molecular formula is C22H26ClN3O3. The number of nitrogens with zero attached hydrogens (tertiary/aromatic N) is 2. The minimum atomic E-state index is -0.222. The molecule has 1 aliphatic rings. The molecular weight excluding hydrogens is 390 g/mol. The summed E-state index contributed by atoms with van der Waals surface area (Å²) in [5, 5.41) is 3.49. The van der Waals surface area contributed by atoms with Gasteiger partial charge in [-0.05, 0) is 36.2 Å². The Kier molecular flexibility index (Phi) is 7.90. The van der Waals surface area contributed by atoms with Crippen molar-refractivity contribution in [3.63, 3.8) is 0 Å². The number of para-hydroxylation sites is 1. The molecule has 1 heterocycles. The number of hydrogen-bond donors (Lipinski definition) is 1. The number of hydrogen-bond acceptors (Lipinski definition) is 4. The molecule has 1 saturated heterocycles. The maximum absolute atomic E-state index is 12.3. The summed E-state index contributed by atoms with van der Waals surface area (Å²) in [5.41, 5.74) is 2.27. The quantitative estimate of drug-likeness (QED) is 0.719. The van der Waals surface area contributed by atoms with Crippen molar-refractivity contribution in [3.05, 3.63) is 65.2 Å². The van der Waals surface area contributed by atoms with Gasteiger partial charge in [0.2, 0.25) is 11.8 Å². The number of nitrogens with one attached hydrogen (secondary N) is 1. The van der Waals surface area contributed by atoms with Crippen molar-refractivity contribution in [2.24, 2.45) is 0 Å². The van der Waals surface area contributed by atoms with Crippen LogP contribution in [0.15, 0.2) is 54.6 Å². The Morgan fingerprint density at radius 2 is 1.62 bits per heavy atom. The van der Waals surface area contributed by atoms with Gasteiger partial charge in [0.15, 0.2) is 0 Å². The summed E-state index contributed by atoms with van der Waals surface area (Å²) >= 11 is 5.85. The number of carbonyl (C=O) groups excluding carboxylic acids is 2. The summed E-state index contributed by atoms with van der Waals surface area (Å²) in [6, 6.07) is 17.7. The predicted molar refractivity (Wildman–Crippen MR) is 114 cm³/mol. The molecule has 154 valence electrons. The molecule has 3 rings (SSSR count). The molecule has 0 radical (unpaired) electrons. The second-order valence-corrected chi connectivity index (χ2v) is 7.36. The number of anilines is 1. The lowest BCUT2D eigenvalue weighted by atomic mass is 10.1. The smallest absolute Gasteiger partial charge is 0.248 e. The van der Waals surface area contributed by atoms with E-state index in [2.05, 4.69) is 22.3 Å². The second-order valence-electron chi connectivity index (χ2n) is 6.92. The summed E-state index contributed by atoms with van der Waals surface area (Å²) in [6.45, 7) is 3.22. The van der Waals surface area contributed by atoms with Gasteiger partial charge in [0.05, 0.1) is 0 Å². The summed E-state index contributed by atoms with van der Waals surface area (Å²) in [4.78, 5) is 28.2. The highest BCUT2D eigenvalue weighted by molar-refractivity contribution is 6.30. The van der Waals surface area contributed by atoms with E-state index >= 15 is 0 Å². The molecule has 0 unspecified atom stereocenters. The third-order valence-electron chi connectivity index (χ3n) is 4.86. The van der Waals surface area contributed by atoms with Gasteiger partial charge in [-0.2, -0.15) is 0 Å². The minimum absolute atomic E-state index is 0.0735. The molecule has 0 spiro atoms. The van der Waals surface area contributed by atoms with E-state index in [0.29, 0.717) is 31.1 Å². The second kappa shape index (κ2) is 10.8. The van der Waals surface area contributed by atoms with Gasteiger partial charge in [0.25, 0.3) is 0 Å². The van der Waals surface area contributed by atoms with E-state index in [1.165, 1.54) is 5.69 Å². The minimum Gasteiger partial charge on any atom is -0.368 e. The van der Waals surface area contributed by atoms with E-state index in [1.54, 1.807) is 4.90 Å². The van der Waals surface area contributed by atoms with Crippen LogP contribution in [-0.2, 0) is 20.7 Å². The van der Waals surface area contributed by atoms with Crippen molar-refractivity contribution < 1.29 is 14.3 Å². The van der Waals surface area contributed by atoms with E-state index in [9.17, 15) is 9.59 Å². The standard InChI is InChI=1S/C22H26ClN3O3/c23-19-8-6-18(7-9-19)10-11-24-21(27)16-29-17-22(28)26-14-12-25(13-15-26)20-4-2-1-3-5-20/h1-9H,10-17H2,(H,24,27). The van der Waals surface area contributed by atoms with Crippen LogP contribution >= 0.6 is 11.6 Å². The molecule has 6 nitrogen and oxygen atoms in total. The Hall–Kier alpha value is -2.57. The molecule has 2 amide bonds. The number of piperazine rings is 1. The Balaban J connectivity index is 1.28. The summed E-state index contributed by atoms with van der Waals surface area (Å²) < 4.78 is 5.31. The van der Waals surface area contributed by atoms with Crippen LogP contribution < -0.4 is 10.2 Å². The number of ether oxygens (including phenoxy) is 1. The molecule has 1 fully saturated rings. The molecule has 0 bridgehead atoms. The van der Waals surface area contributed by atoms with Gasteiger partial charge >= 0.3 is 0 Å². The molecule has 0 aliphatic carbocycles. The van der Waals surface area contributed by atoms with E-state index in [4.69, 9.17) is 16.3 Å². The molecule has 7 heteroatoms. The molecule has 1 N–H and O–H groups in total. The Morgan fingerprint density at radius 1 is 0.931 bits per heavy atom. The zero-order chi connectivity index (χ0) is 20.5. The third kappa shape index (κ3) is 6.76. The SMILES string of the molecule is O=C(COCC(=O)N1CCN(c2ccccc2)CC1)NCCc1ccc(Cl)cc1. The van der Waals surface area contributed by atoms with E-state index in [0.717, 1.165) is 18.7 Å². The number of rotatable bonds is 8. The summed E-state index contributed by atoms with van der Waals surface area (Å²) in [5.74, 6) is -0.299. The van der Waals surface area contributed by atoms with Crippen LogP contribution in [0.25, 0.3) is 0 Å². The zero-order valence-corrected chi connectivity index (χ0v) is 17.1. The first-order valence-corrected chi connectivity index (χ1v) is 10.2. The fraction of sp³-hybridized carbons (Fsp3) is 0.364. The van der Waals surface area contributed by atoms with Gasteiger partial charge in [-0.3, -0.25) is 9.59 Å². The topological polar surface area (TPSA) is 61.9 Å². The van der Waals surface area contributed by atoms with Crippen LogP contribution in [0.2, 0.25) is 5.02 Å². The van der Waals surface area contributed by atoms with Crippen molar-refractivity contribution in [1.82, 2.24) is 10.2 Å². The predicted octanol–water partition coefficient (Wildman–Crippen LogP) is 2.36. The van der Waals surface area contributed by atoms with Crippen LogP contribution in [-0.4, -0.2) is 62.7 Å². The highest BCUT2D eigenvalue weighted by Crippen LogP contribution is 2.15. The van der Waals surface area contributed by atoms with E-state index in [-0.39, 0.29) is 25.0 Å². The van der Waals surface area contributed by atoms with Crippen molar-refractivity contribution >= 4 is 29.1 Å². The Morgan fingerprint density at radius 3 is 2.31 bits per heavy atom. The van der Waals surface area contributed by atoms with Crippen LogP contribution in [0.3, 0.4) is 0 Å². The molecule has 0 saturated carbocycles. The first-order valence-electron chi connectivity index (χ1n) is 9.78. The highest BCUT2D eigenvalue weighted by atomic mass is 35.5. The lowest BCUT2D eigenvalue weighted by Gasteiger charge is -2.36. The molecule has 0 aromatic heterocycles. The van der Waals surface area contributed by atoms with Crippen molar-refractivity contribution in [2.75, 3.05) is 50.8 Å². The zero-order valence-electron chi connectivity index (χ0n) is 16.4.